The number of carboxylic acid groups (broad SMARTS) is 1. The Morgan fingerprint density at radius 2 is 2.05 bits per heavy atom. The Kier molecular flexibility index (Phi) is 3.22. The Hall–Kier alpha value is -1.88. The molecule has 0 bridgehead atoms. The summed E-state index contributed by atoms with van der Waals surface area (Å²) >= 11 is 0. The van der Waals surface area contributed by atoms with E-state index < -0.39 is 18.1 Å². The van der Waals surface area contributed by atoms with Crippen molar-refractivity contribution >= 4 is 11.9 Å². The van der Waals surface area contributed by atoms with Crippen LogP contribution in [0.3, 0.4) is 0 Å². The van der Waals surface area contributed by atoms with Crippen molar-refractivity contribution in [2.75, 3.05) is 0 Å². The molecule has 2 unspecified atom stereocenters. The van der Waals surface area contributed by atoms with Crippen molar-refractivity contribution in [1.82, 2.24) is 4.90 Å². The van der Waals surface area contributed by atoms with Gasteiger partial charge in [0, 0.05) is 6.42 Å². The molecule has 1 saturated heterocycles. The fourth-order valence-corrected chi connectivity index (χ4v) is 3.37. The summed E-state index contributed by atoms with van der Waals surface area (Å²) in [6.45, 7) is 0. The number of fused-ring (bicyclic) bond motifs is 3. The van der Waals surface area contributed by atoms with Crippen LogP contribution in [0.25, 0.3) is 0 Å². The molecule has 5 heteroatoms. The highest BCUT2D eigenvalue weighted by Crippen LogP contribution is 2.38. The first-order valence-electron chi connectivity index (χ1n) is 6.98. The molecule has 0 aromatic heterocycles. The summed E-state index contributed by atoms with van der Waals surface area (Å²) in [5.41, 5.74) is 7.99. The fraction of sp³-hybridized carbons (Fsp3) is 0.467. The molecule has 106 valence electrons. The van der Waals surface area contributed by atoms with Crippen LogP contribution in [0, 0.1) is 0 Å². The highest BCUT2D eigenvalue weighted by atomic mass is 16.4. The maximum atomic E-state index is 12.4. The predicted octanol–water partition coefficient (Wildman–Crippen LogP) is 1.08. The average Bonchev–Trinajstić information content (AvgIpc) is 2.59. The molecule has 0 aliphatic carbocycles. The van der Waals surface area contributed by atoms with Gasteiger partial charge in [-0.05, 0) is 30.4 Å². The fourth-order valence-electron chi connectivity index (χ4n) is 3.37. The van der Waals surface area contributed by atoms with Gasteiger partial charge < -0.3 is 15.7 Å². The van der Waals surface area contributed by atoms with Crippen molar-refractivity contribution in [3.05, 3.63) is 35.4 Å². The third-order valence-corrected chi connectivity index (χ3v) is 4.35. The lowest BCUT2D eigenvalue weighted by molar-refractivity contribution is -0.153. The molecule has 2 aliphatic rings. The monoisotopic (exact) mass is 274 g/mol. The van der Waals surface area contributed by atoms with Crippen LogP contribution in [-0.4, -0.2) is 34.0 Å². The average molecular weight is 274 g/mol. The molecule has 1 aromatic carbocycles. The number of hydrogen-bond donors (Lipinski definition) is 2. The van der Waals surface area contributed by atoms with Crippen LogP contribution in [0.1, 0.15) is 36.4 Å². The Balaban J connectivity index is 2.10. The maximum absolute atomic E-state index is 12.4. The molecule has 2 heterocycles. The summed E-state index contributed by atoms with van der Waals surface area (Å²) in [7, 11) is 0. The molecule has 1 amide bonds. The summed E-state index contributed by atoms with van der Waals surface area (Å²) < 4.78 is 0. The van der Waals surface area contributed by atoms with E-state index in [1.165, 1.54) is 4.90 Å². The highest BCUT2D eigenvalue weighted by Gasteiger charge is 2.43. The zero-order valence-corrected chi connectivity index (χ0v) is 11.2. The second kappa shape index (κ2) is 4.90. The van der Waals surface area contributed by atoms with E-state index in [0.717, 1.165) is 24.0 Å². The quantitative estimate of drug-likeness (QED) is 0.802. The number of nitrogens with two attached hydrogens (primary N) is 1. The molecule has 1 fully saturated rings. The van der Waals surface area contributed by atoms with Crippen molar-refractivity contribution in [3.8, 4) is 0 Å². The van der Waals surface area contributed by atoms with Crippen molar-refractivity contribution in [1.29, 1.82) is 0 Å². The minimum atomic E-state index is -0.952. The van der Waals surface area contributed by atoms with Crippen molar-refractivity contribution in [2.24, 2.45) is 5.73 Å². The topological polar surface area (TPSA) is 83.6 Å². The largest absolute Gasteiger partial charge is 0.480 e. The van der Waals surface area contributed by atoms with E-state index in [2.05, 4.69) is 0 Å². The van der Waals surface area contributed by atoms with Crippen molar-refractivity contribution in [3.63, 3.8) is 0 Å². The summed E-state index contributed by atoms with van der Waals surface area (Å²) in [6.07, 6.45) is 2.61. The van der Waals surface area contributed by atoms with Crippen LogP contribution in [0.15, 0.2) is 24.3 Å². The second-order valence-corrected chi connectivity index (χ2v) is 5.56. The van der Waals surface area contributed by atoms with Gasteiger partial charge in [0.25, 0.3) is 0 Å². The molecule has 3 rings (SSSR count). The van der Waals surface area contributed by atoms with E-state index in [0.29, 0.717) is 12.8 Å². The minimum absolute atomic E-state index is 0.151. The lowest BCUT2D eigenvalue weighted by atomic mass is 9.86. The number of rotatable bonds is 1. The van der Waals surface area contributed by atoms with Crippen LogP contribution in [0.4, 0.5) is 0 Å². The van der Waals surface area contributed by atoms with Crippen LogP contribution in [0.2, 0.25) is 0 Å². The normalized spacial score (nSPS) is 29.4. The SMILES string of the molecule is N[C@H]1CCCC2c3ccccc3CC(C(=O)O)N2C1=O. The Labute approximate surface area is 117 Å². The predicted molar refractivity (Wildman–Crippen MR) is 73.0 cm³/mol. The number of hydrogen-bond acceptors (Lipinski definition) is 3. The lowest BCUT2D eigenvalue weighted by Gasteiger charge is -2.41. The van der Waals surface area contributed by atoms with Crippen molar-refractivity contribution in [2.45, 2.75) is 43.8 Å². The number of carboxylic acids is 1. The van der Waals surface area contributed by atoms with Gasteiger partial charge in [0.2, 0.25) is 5.91 Å². The van der Waals surface area contributed by atoms with Gasteiger partial charge in [0.15, 0.2) is 0 Å². The Morgan fingerprint density at radius 3 is 2.80 bits per heavy atom. The molecule has 2 aliphatic heterocycles. The number of nitrogens with zero attached hydrogens (tertiary/aromatic N) is 1. The number of amides is 1. The van der Waals surface area contributed by atoms with Gasteiger partial charge in [-0.2, -0.15) is 0 Å². The summed E-state index contributed by atoms with van der Waals surface area (Å²) in [5, 5.41) is 9.46. The van der Waals surface area contributed by atoms with Gasteiger partial charge in [0.05, 0.1) is 12.1 Å². The Bertz CT molecular complexity index is 558. The van der Waals surface area contributed by atoms with Crippen LogP contribution >= 0.6 is 0 Å². The molecule has 1 aromatic rings. The highest BCUT2D eigenvalue weighted by molar-refractivity contribution is 5.88. The maximum Gasteiger partial charge on any atom is 0.326 e. The molecule has 20 heavy (non-hydrogen) atoms. The first kappa shape index (κ1) is 13.1. The van der Waals surface area contributed by atoms with Gasteiger partial charge >= 0.3 is 5.97 Å². The van der Waals surface area contributed by atoms with Gasteiger partial charge in [0.1, 0.15) is 6.04 Å². The number of aliphatic carboxylic acids is 1. The third kappa shape index (κ3) is 1.98. The van der Waals surface area contributed by atoms with E-state index in [4.69, 9.17) is 5.73 Å². The van der Waals surface area contributed by atoms with E-state index in [1.54, 1.807) is 0 Å². The zero-order valence-electron chi connectivity index (χ0n) is 11.2. The molecule has 3 atom stereocenters. The van der Waals surface area contributed by atoms with Gasteiger partial charge in [-0.3, -0.25) is 4.79 Å². The molecule has 3 N–H and O–H groups in total. The molecule has 5 nitrogen and oxygen atoms in total. The number of carbonyl (C=O) groups is 2. The molecular formula is C15H18N2O3. The minimum Gasteiger partial charge on any atom is -0.480 e. The zero-order chi connectivity index (χ0) is 14.3. The standard InChI is InChI=1S/C15H18N2O3/c16-11-6-3-7-12-10-5-2-1-4-9(10)8-13(15(19)20)17(12)14(11)18/h1-2,4-5,11-13H,3,6-8,16H2,(H,19,20)/t11-,12?,13?/m0/s1. The van der Waals surface area contributed by atoms with Crippen LogP contribution < -0.4 is 5.73 Å². The second-order valence-electron chi connectivity index (χ2n) is 5.56. The van der Waals surface area contributed by atoms with Crippen molar-refractivity contribution < 1.29 is 14.7 Å². The van der Waals surface area contributed by atoms with E-state index in [1.807, 2.05) is 24.3 Å². The Morgan fingerprint density at radius 1 is 1.30 bits per heavy atom. The summed E-state index contributed by atoms with van der Waals surface area (Å²) in [6, 6.07) is 6.28. The first-order valence-corrected chi connectivity index (χ1v) is 6.98. The number of carbonyl (C=O) groups excluding carboxylic acids is 1. The van der Waals surface area contributed by atoms with E-state index in [9.17, 15) is 14.7 Å². The van der Waals surface area contributed by atoms with Gasteiger partial charge in [-0.1, -0.05) is 24.3 Å². The summed E-state index contributed by atoms with van der Waals surface area (Å²) in [4.78, 5) is 25.5. The van der Waals surface area contributed by atoms with Gasteiger partial charge in [-0.25, -0.2) is 4.79 Å². The first-order chi connectivity index (χ1) is 9.59. The van der Waals surface area contributed by atoms with E-state index >= 15 is 0 Å². The third-order valence-electron chi connectivity index (χ3n) is 4.35. The van der Waals surface area contributed by atoms with Crippen LogP contribution in [-0.2, 0) is 16.0 Å². The molecule has 0 radical (unpaired) electrons. The van der Waals surface area contributed by atoms with E-state index in [-0.39, 0.29) is 11.9 Å². The molecular weight excluding hydrogens is 256 g/mol. The lowest BCUT2D eigenvalue weighted by Crippen LogP contribution is -2.54. The van der Waals surface area contributed by atoms with Crippen LogP contribution in [0.5, 0.6) is 0 Å². The smallest absolute Gasteiger partial charge is 0.326 e. The number of benzene rings is 1. The molecule has 0 spiro atoms. The van der Waals surface area contributed by atoms with Gasteiger partial charge in [-0.15, -0.1) is 0 Å². The molecule has 0 saturated carbocycles. The summed E-state index contributed by atoms with van der Waals surface area (Å²) in [5.74, 6) is -1.18.